The summed E-state index contributed by atoms with van der Waals surface area (Å²) in [5.74, 6) is 0.908. The molecule has 3 heterocycles. The number of imidazole rings is 2. The van der Waals surface area contributed by atoms with Gasteiger partial charge in [0.25, 0.3) is 0 Å². The van der Waals surface area contributed by atoms with Crippen molar-refractivity contribution in [1.29, 1.82) is 0 Å². The minimum absolute atomic E-state index is 0.0350. The van der Waals surface area contributed by atoms with Crippen molar-refractivity contribution >= 4 is 33.2 Å². The van der Waals surface area contributed by atoms with E-state index < -0.39 is 0 Å². The van der Waals surface area contributed by atoms with E-state index in [1.165, 1.54) is 0 Å². The van der Waals surface area contributed by atoms with E-state index >= 15 is 0 Å². The molecule has 1 aromatic carbocycles. The van der Waals surface area contributed by atoms with Crippen LogP contribution in [0.15, 0.2) is 42.0 Å². The van der Waals surface area contributed by atoms with Crippen LogP contribution in [0.1, 0.15) is 11.5 Å². The molecule has 1 amide bonds. The molecule has 0 spiro atoms. The topological polar surface area (TPSA) is 55.4 Å². The third-order valence-electron chi connectivity index (χ3n) is 4.16. The lowest BCUT2D eigenvalue weighted by Gasteiger charge is -2.16. The number of hydrogen-bond donors (Lipinski definition) is 0. The first-order chi connectivity index (χ1) is 11.6. The van der Waals surface area contributed by atoms with Gasteiger partial charge in [-0.1, -0.05) is 12.1 Å². The molecule has 4 rings (SSSR count). The molecule has 3 aromatic heterocycles. The number of carbonyl (C=O) groups is 1. The monoisotopic (exact) mass is 339 g/mol. The SMILES string of the molecule is CN(Cc1nc2ccccc2n1C)C(=O)Cc1cn2ccsc2n1. The number of para-hydroxylation sites is 2. The molecule has 0 aliphatic carbocycles. The van der Waals surface area contributed by atoms with Crippen LogP contribution in [0.25, 0.3) is 16.0 Å². The first-order valence-electron chi connectivity index (χ1n) is 7.67. The molecule has 7 heteroatoms. The highest BCUT2D eigenvalue weighted by Gasteiger charge is 2.16. The summed E-state index contributed by atoms with van der Waals surface area (Å²) in [6, 6.07) is 7.98. The molecule has 6 nitrogen and oxygen atoms in total. The van der Waals surface area contributed by atoms with Crippen molar-refractivity contribution < 1.29 is 4.79 Å². The van der Waals surface area contributed by atoms with Gasteiger partial charge >= 0.3 is 0 Å². The quantitative estimate of drug-likeness (QED) is 0.574. The number of likely N-dealkylation sites (N-methyl/N-ethyl adjacent to an activating group) is 1. The van der Waals surface area contributed by atoms with E-state index in [-0.39, 0.29) is 5.91 Å². The third-order valence-corrected chi connectivity index (χ3v) is 4.93. The van der Waals surface area contributed by atoms with Crippen LogP contribution in [0.2, 0.25) is 0 Å². The maximum atomic E-state index is 12.5. The summed E-state index contributed by atoms with van der Waals surface area (Å²) in [7, 11) is 3.78. The largest absolute Gasteiger partial charge is 0.338 e. The number of aryl methyl sites for hydroxylation is 1. The second-order valence-electron chi connectivity index (χ2n) is 5.83. The van der Waals surface area contributed by atoms with Gasteiger partial charge in [-0.15, -0.1) is 11.3 Å². The highest BCUT2D eigenvalue weighted by molar-refractivity contribution is 7.15. The summed E-state index contributed by atoms with van der Waals surface area (Å²) >= 11 is 1.56. The van der Waals surface area contributed by atoms with Gasteiger partial charge < -0.3 is 9.47 Å². The number of aromatic nitrogens is 4. The van der Waals surface area contributed by atoms with Crippen LogP contribution in [0.5, 0.6) is 0 Å². The van der Waals surface area contributed by atoms with E-state index in [0.29, 0.717) is 13.0 Å². The van der Waals surface area contributed by atoms with Gasteiger partial charge in [0, 0.05) is 31.9 Å². The minimum atomic E-state index is 0.0350. The van der Waals surface area contributed by atoms with Crippen LogP contribution in [-0.2, 0) is 24.8 Å². The minimum Gasteiger partial charge on any atom is -0.338 e. The zero-order chi connectivity index (χ0) is 16.7. The predicted molar refractivity (Wildman–Crippen MR) is 94.0 cm³/mol. The summed E-state index contributed by atoms with van der Waals surface area (Å²) in [4.78, 5) is 24.2. The summed E-state index contributed by atoms with van der Waals surface area (Å²) in [6.07, 6.45) is 4.16. The average molecular weight is 339 g/mol. The lowest BCUT2D eigenvalue weighted by molar-refractivity contribution is -0.129. The van der Waals surface area contributed by atoms with Gasteiger partial charge in [-0.05, 0) is 12.1 Å². The maximum absolute atomic E-state index is 12.5. The van der Waals surface area contributed by atoms with Gasteiger partial charge in [0.05, 0.1) is 29.7 Å². The molecule has 0 unspecified atom stereocenters. The Bertz CT molecular complexity index is 1000. The fourth-order valence-electron chi connectivity index (χ4n) is 2.79. The van der Waals surface area contributed by atoms with Crippen LogP contribution < -0.4 is 0 Å². The summed E-state index contributed by atoms with van der Waals surface area (Å²) in [5, 5.41) is 1.98. The predicted octanol–water partition coefficient (Wildman–Crippen LogP) is 2.48. The molecule has 0 fully saturated rings. The van der Waals surface area contributed by atoms with Gasteiger partial charge in [0.1, 0.15) is 5.82 Å². The lowest BCUT2D eigenvalue weighted by atomic mass is 10.3. The van der Waals surface area contributed by atoms with E-state index in [0.717, 1.165) is 27.5 Å². The Hall–Kier alpha value is -2.67. The number of amides is 1. The zero-order valence-electron chi connectivity index (χ0n) is 13.5. The average Bonchev–Trinajstić information content (AvgIpc) is 3.22. The fourth-order valence-corrected chi connectivity index (χ4v) is 3.51. The van der Waals surface area contributed by atoms with Gasteiger partial charge in [-0.2, -0.15) is 0 Å². The highest BCUT2D eigenvalue weighted by atomic mass is 32.1. The third kappa shape index (κ3) is 2.56. The van der Waals surface area contributed by atoms with Crippen molar-refractivity contribution in [2.45, 2.75) is 13.0 Å². The molecule has 0 saturated carbocycles. The molecule has 122 valence electrons. The van der Waals surface area contributed by atoms with E-state index in [2.05, 4.69) is 9.97 Å². The highest BCUT2D eigenvalue weighted by Crippen LogP contribution is 2.16. The first kappa shape index (κ1) is 14.9. The number of carbonyl (C=O) groups excluding carboxylic acids is 1. The van der Waals surface area contributed by atoms with Crippen LogP contribution in [0, 0.1) is 0 Å². The van der Waals surface area contributed by atoms with Crippen molar-refractivity contribution in [3.8, 4) is 0 Å². The van der Waals surface area contributed by atoms with Crippen molar-refractivity contribution in [3.63, 3.8) is 0 Å². The Kier molecular flexibility index (Phi) is 3.57. The Labute approximate surface area is 143 Å². The van der Waals surface area contributed by atoms with Gasteiger partial charge in [0.15, 0.2) is 4.96 Å². The van der Waals surface area contributed by atoms with E-state index in [1.54, 1.807) is 23.3 Å². The first-order valence-corrected chi connectivity index (χ1v) is 8.55. The van der Waals surface area contributed by atoms with Crippen molar-refractivity contribution in [1.82, 2.24) is 23.8 Å². The number of hydrogen-bond acceptors (Lipinski definition) is 4. The number of fused-ring (bicyclic) bond motifs is 2. The maximum Gasteiger partial charge on any atom is 0.228 e. The van der Waals surface area contributed by atoms with Crippen molar-refractivity contribution in [2.24, 2.45) is 7.05 Å². The molecule has 0 radical (unpaired) electrons. The molecular weight excluding hydrogens is 322 g/mol. The molecule has 0 N–H and O–H groups in total. The molecular formula is C17H17N5OS. The van der Waals surface area contributed by atoms with Crippen molar-refractivity contribution in [2.75, 3.05) is 7.05 Å². The van der Waals surface area contributed by atoms with Crippen LogP contribution in [-0.4, -0.2) is 36.8 Å². The summed E-state index contributed by atoms with van der Waals surface area (Å²) in [5.41, 5.74) is 2.82. The summed E-state index contributed by atoms with van der Waals surface area (Å²) < 4.78 is 3.98. The van der Waals surface area contributed by atoms with E-state index in [1.807, 2.05) is 58.1 Å². The Morgan fingerprint density at radius 2 is 2.12 bits per heavy atom. The molecule has 0 atom stereocenters. The fraction of sp³-hybridized carbons (Fsp3) is 0.235. The second-order valence-corrected chi connectivity index (χ2v) is 6.70. The molecule has 0 saturated heterocycles. The molecule has 0 aliphatic heterocycles. The Morgan fingerprint density at radius 1 is 1.29 bits per heavy atom. The van der Waals surface area contributed by atoms with Gasteiger partial charge in [-0.3, -0.25) is 9.20 Å². The Morgan fingerprint density at radius 3 is 2.92 bits per heavy atom. The second kappa shape index (κ2) is 5.76. The standard InChI is InChI=1S/C17H17N5OS/c1-20(11-15-19-13-5-3-4-6-14(13)21(15)2)16(23)9-12-10-22-7-8-24-17(22)18-12/h3-8,10H,9,11H2,1-2H3. The number of benzene rings is 1. The molecule has 0 aliphatic rings. The van der Waals surface area contributed by atoms with Crippen molar-refractivity contribution in [3.05, 3.63) is 53.6 Å². The molecule has 0 bridgehead atoms. The van der Waals surface area contributed by atoms with E-state index in [4.69, 9.17) is 0 Å². The van der Waals surface area contributed by atoms with Crippen LogP contribution in [0.4, 0.5) is 0 Å². The number of rotatable bonds is 4. The molecule has 24 heavy (non-hydrogen) atoms. The summed E-state index contributed by atoms with van der Waals surface area (Å²) in [6.45, 7) is 0.478. The zero-order valence-corrected chi connectivity index (χ0v) is 14.3. The smallest absolute Gasteiger partial charge is 0.228 e. The number of thiazole rings is 1. The molecule has 4 aromatic rings. The van der Waals surface area contributed by atoms with Gasteiger partial charge in [0.2, 0.25) is 5.91 Å². The number of nitrogens with zero attached hydrogens (tertiary/aromatic N) is 5. The van der Waals surface area contributed by atoms with Crippen LogP contribution in [0.3, 0.4) is 0 Å². The lowest BCUT2D eigenvalue weighted by Crippen LogP contribution is -2.29. The van der Waals surface area contributed by atoms with Crippen LogP contribution >= 0.6 is 11.3 Å². The van der Waals surface area contributed by atoms with E-state index in [9.17, 15) is 4.79 Å². The Balaban J connectivity index is 1.50. The normalized spacial score (nSPS) is 11.4. The van der Waals surface area contributed by atoms with Gasteiger partial charge in [-0.25, -0.2) is 9.97 Å².